The number of terminal acetylenes is 1. The van der Waals surface area contributed by atoms with Crippen LogP contribution >= 0.6 is 0 Å². The van der Waals surface area contributed by atoms with Crippen LogP contribution in [0.1, 0.15) is 12.8 Å². The average Bonchev–Trinajstić information content (AvgIpc) is 2.37. The second-order valence-corrected chi connectivity index (χ2v) is 3.00. The molecule has 1 saturated heterocycles. The van der Waals surface area contributed by atoms with Crippen LogP contribution in [0.4, 0.5) is 0 Å². The van der Waals surface area contributed by atoms with Gasteiger partial charge in [-0.25, -0.2) is 0 Å². The molecule has 1 heterocycles. The van der Waals surface area contributed by atoms with Crippen molar-refractivity contribution in [3.63, 3.8) is 0 Å². The Morgan fingerprint density at radius 1 is 1.73 bits per heavy atom. The number of nitrogens with zero attached hydrogens (tertiary/aromatic N) is 1. The van der Waals surface area contributed by atoms with Crippen LogP contribution in [-0.2, 0) is 4.74 Å². The minimum atomic E-state index is 0.424. The lowest BCUT2D eigenvalue weighted by atomic mass is 10.3. The van der Waals surface area contributed by atoms with Crippen molar-refractivity contribution in [1.82, 2.24) is 4.90 Å². The van der Waals surface area contributed by atoms with E-state index in [1.54, 1.807) is 0 Å². The summed E-state index contributed by atoms with van der Waals surface area (Å²) in [6.45, 7) is 2.93. The molecule has 1 unspecified atom stereocenters. The van der Waals surface area contributed by atoms with Crippen molar-refractivity contribution in [2.75, 3.05) is 26.7 Å². The Kier molecular flexibility index (Phi) is 3.41. The van der Waals surface area contributed by atoms with Crippen molar-refractivity contribution >= 4 is 0 Å². The summed E-state index contributed by atoms with van der Waals surface area (Å²) in [7, 11) is 2.12. The molecule has 1 fully saturated rings. The van der Waals surface area contributed by atoms with Crippen molar-refractivity contribution in [3.8, 4) is 12.3 Å². The second kappa shape index (κ2) is 4.38. The molecule has 0 aromatic heterocycles. The zero-order chi connectivity index (χ0) is 8.10. The van der Waals surface area contributed by atoms with E-state index in [1.165, 1.54) is 0 Å². The molecule has 0 bridgehead atoms. The van der Waals surface area contributed by atoms with Crippen LogP contribution in [-0.4, -0.2) is 37.7 Å². The van der Waals surface area contributed by atoms with Gasteiger partial charge in [0, 0.05) is 19.5 Å². The highest BCUT2D eigenvalue weighted by molar-refractivity contribution is 4.83. The minimum Gasteiger partial charge on any atom is -0.376 e. The molecule has 0 N–H and O–H groups in total. The lowest BCUT2D eigenvalue weighted by Crippen LogP contribution is -2.19. The summed E-state index contributed by atoms with van der Waals surface area (Å²) in [6.07, 6.45) is 7.41. The summed E-state index contributed by atoms with van der Waals surface area (Å²) >= 11 is 0. The molecule has 0 saturated carbocycles. The van der Waals surface area contributed by atoms with Gasteiger partial charge in [0.25, 0.3) is 0 Å². The largest absolute Gasteiger partial charge is 0.376 e. The molecule has 2 heteroatoms. The highest BCUT2D eigenvalue weighted by Gasteiger charge is 2.18. The first-order chi connectivity index (χ1) is 5.33. The fourth-order valence-corrected chi connectivity index (χ4v) is 1.32. The van der Waals surface area contributed by atoms with Gasteiger partial charge < -0.3 is 9.64 Å². The SMILES string of the molecule is C#CCCOC1CCN(C)C1. The molecule has 62 valence electrons. The highest BCUT2D eigenvalue weighted by atomic mass is 16.5. The zero-order valence-electron chi connectivity index (χ0n) is 7.05. The maximum atomic E-state index is 5.53. The maximum absolute atomic E-state index is 5.53. The Morgan fingerprint density at radius 2 is 2.55 bits per heavy atom. The Morgan fingerprint density at radius 3 is 3.09 bits per heavy atom. The summed E-state index contributed by atoms with van der Waals surface area (Å²) < 4.78 is 5.53. The Balaban J connectivity index is 2.05. The monoisotopic (exact) mass is 153 g/mol. The van der Waals surface area contributed by atoms with E-state index in [9.17, 15) is 0 Å². The second-order valence-electron chi connectivity index (χ2n) is 3.00. The lowest BCUT2D eigenvalue weighted by molar-refractivity contribution is 0.0652. The van der Waals surface area contributed by atoms with Gasteiger partial charge in [-0.2, -0.15) is 0 Å². The summed E-state index contributed by atoms with van der Waals surface area (Å²) in [6, 6.07) is 0. The van der Waals surface area contributed by atoms with Crippen LogP contribution in [0.5, 0.6) is 0 Å². The molecule has 0 radical (unpaired) electrons. The molecule has 1 aliphatic rings. The van der Waals surface area contributed by atoms with Crippen LogP contribution in [0.15, 0.2) is 0 Å². The van der Waals surface area contributed by atoms with Crippen molar-refractivity contribution < 1.29 is 4.74 Å². The zero-order valence-corrected chi connectivity index (χ0v) is 7.05. The Hall–Kier alpha value is -0.520. The van der Waals surface area contributed by atoms with Gasteiger partial charge in [0.05, 0.1) is 12.7 Å². The Labute approximate surface area is 68.5 Å². The van der Waals surface area contributed by atoms with Gasteiger partial charge in [-0.05, 0) is 13.5 Å². The van der Waals surface area contributed by atoms with E-state index in [4.69, 9.17) is 11.2 Å². The minimum absolute atomic E-state index is 0.424. The van der Waals surface area contributed by atoms with Gasteiger partial charge in [0.1, 0.15) is 0 Å². The van der Waals surface area contributed by atoms with Crippen molar-refractivity contribution in [1.29, 1.82) is 0 Å². The molecule has 11 heavy (non-hydrogen) atoms. The molecular formula is C9H15NO. The average molecular weight is 153 g/mol. The van der Waals surface area contributed by atoms with E-state index in [-0.39, 0.29) is 0 Å². The predicted octanol–water partition coefficient (Wildman–Crippen LogP) is 0.730. The molecule has 2 nitrogen and oxygen atoms in total. The lowest BCUT2D eigenvalue weighted by Gasteiger charge is -2.10. The summed E-state index contributed by atoms with van der Waals surface area (Å²) in [5.74, 6) is 2.56. The van der Waals surface area contributed by atoms with Crippen LogP contribution in [0.3, 0.4) is 0 Å². The number of ether oxygens (including phenoxy) is 1. The first-order valence-corrected chi connectivity index (χ1v) is 4.06. The number of likely N-dealkylation sites (N-methyl/N-ethyl adjacent to an activating group) is 1. The predicted molar refractivity (Wildman–Crippen MR) is 45.3 cm³/mol. The van der Waals surface area contributed by atoms with E-state index in [0.29, 0.717) is 6.10 Å². The van der Waals surface area contributed by atoms with E-state index < -0.39 is 0 Å². The molecule has 0 aromatic rings. The third-order valence-corrected chi connectivity index (χ3v) is 1.95. The topological polar surface area (TPSA) is 12.5 Å². The summed E-state index contributed by atoms with van der Waals surface area (Å²) in [5.41, 5.74) is 0. The highest BCUT2D eigenvalue weighted by Crippen LogP contribution is 2.09. The van der Waals surface area contributed by atoms with Crippen LogP contribution in [0, 0.1) is 12.3 Å². The van der Waals surface area contributed by atoms with Crippen molar-refractivity contribution in [2.45, 2.75) is 18.9 Å². The summed E-state index contributed by atoms with van der Waals surface area (Å²) in [5, 5.41) is 0. The van der Waals surface area contributed by atoms with Gasteiger partial charge in [0.2, 0.25) is 0 Å². The van der Waals surface area contributed by atoms with Gasteiger partial charge in [-0.1, -0.05) is 0 Å². The number of rotatable bonds is 3. The smallest absolute Gasteiger partial charge is 0.0714 e. The fourth-order valence-electron chi connectivity index (χ4n) is 1.32. The van der Waals surface area contributed by atoms with E-state index in [0.717, 1.165) is 32.5 Å². The maximum Gasteiger partial charge on any atom is 0.0714 e. The quantitative estimate of drug-likeness (QED) is 0.438. The normalized spacial score (nSPS) is 25.3. The molecule has 1 aliphatic heterocycles. The molecular weight excluding hydrogens is 138 g/mol. The van der Waals surface area contributed by atoms with Gasteiger partial charge in [-0.15, -0.1) is 12.3 Å². The molecule has 0 spiro atoms. The molecule has 0 amide bonds. The fraction of sp³-hybridized carbons (Fsp3) is 0.778. The number of hydrogen-bond acceptors (Lipinski definition) is 2. The van der Waals surface area contributed by atoms with Crippen LogP contribution < -0.4 is 0 Å². The molecule has 1 rings (SSSR count). The van der Waals surface area contributed by atoms with E-state index >= 15 is 0 Å². The van der Waals surface area contributed by atoms with Crippen LogP contribution in [0.25, 0.3) is 0 Å². The van der Waals surface area contributed by atoms with Crippen molar-refractivity contribution in [2.24, 2.45) is 0 Å². The summed E-state index contributed by atoms with van der Waals surface area (Å²) in [4.78, 5) is 2.28. The third-order valence-electron chi connectivity index (χ3n) is 1.95. The molecule has 0 aliphatic carbocycles. The molecule has 0 aromatic carbocycles. The third kappa shape index (κ3) is 2.92. The van der Waals surface area contributed by atoms with Crippen molar-refractivity contribution in [3.05, 3.63) is 0 Å². The molecule has 1 atom stereocenters. The standard InChI is InChI=1S/C9H15NO/c1-3-4-7-11-9-5-6-10(2)8-9/h1,9H,4-8H2,2H3. The van der Waals surface area contributed by atoms with E-state index in [2.05, 4.69) is 17.9 Å². The van der Waals surface area contributed by atoms with E-state index in [1.807, 2.05) is 0 Å². The number of hydrogen-bond donors (Lipinski definition) is 0. The van der Waals surface area contributed by atoms with Gasteiger partial charge in [0.15, 0.2) is 0 Å². The van der Waals surface area contributed by atoms with Crippen LogP contribution in [0.2, 0.25) is 0 Å². The first-order valence-electron chi connectivity index (χ1n) is 4.06. The van der Waals surface area contributed by atoms with Gasteiger partial charge in [-0.3, -0.25) is 0 Å². The number of likely N-dealkylation sites (tertiary alicyclic amines) is 1. The first kappa shape index (κ1) is 8.58. The van der Waals surface area contributed by atoms with Gasteiger partial charge >= 0.3 is 0 Å². The Bertz CT molecular complexity index is 150.